The molecule has 3 nitrogen and oxygen atoms in total. The smallest absolute Gasteiger partial charge is 0.329 e. The van der Waals surface area contributed by atoms with Gasteiger partial charge in [0.05, 0.1) is 12.5 Å². The van der Waals surface area contributed by atoms with Crippen molar-refractivity contribution in [3.8, 4) is 16.9 Å². The quantitative estimate of drug-likeness (QED) is 0.335. The van der Waals surface area contributed by atoms with Crippen molar-refractivity contribution >= 4 is 32.4 Å². The molecule has 3 N–H and O–H groups in total. The van der Waals surface area contributed by atoms with E-state index in [1.807, 2.05) is 25.1 Å². The molecule has 5 heteroatoms. The van der Waals surface area contributed by atoms with E-state index < -0.39 is 0 Å². The highest BCUT2D eigenvalue weighted by molar-refractivity contribution is 9.10. The molecule has 1 atom stereocenters. The number of nitrogens with one attached hydrogen (secondary N) is 1. The van der Waals surface area contributed by atoms with Crippen molar-refractivity contribution in [2.45, 2.75) is 19.3 Å². The first kappa shape index (κ1) is 20.6. The van der Waals surface area contributed by atoms with Crippen molar-refractivity contribution in [2.75, 3.05) is 12.3 Å². The molecule has 0 spiro atoms. The number of anilines is 1. The van der Waals surface area contributed by atoms with Gasteiger partial charge in [-0.05, 0) is 53.8 Å². The van der Waals surface area contributed by atoms with Crippen molar-refractivity contribution in [2.24, 2.45) is 0 Å². The number of ether oxygens (including phenoxy) is 1. The van der Waals surface area contributed by atoms with Gasteiger partial charge in [-0.3, -0.25) is 5.73 Å². The van der Waals surface area contributed by atoms with Crippen LogP contribution in [0.3, 0.4) is 0 Å². The second kappa shape index (κ2) is 9.45. The van der Waals surface area contributed by atoms with E-state index in [-0.39, 0.29) is 5.92 Å². The molecule has 30 heavy (non-hydrogen) atoms. The van der Waals surface area contributed by atoms with E-state index in [0.29, 0.717) is 6.61 Å². The zero-order chi connectivity index (χ0) is 20.9. The largest absolute Gasteiger partial charge is 0.494 e. The molecule has 0 aliphatic carbocycles. The normalized spacial score (nSPS) is 11.9. The number of hydrogen-bond donors (Lipinski definition) is 1. The fraction of sp³-hybridized carbons (Fsp3) is 0.160. The zero-order valence-electron chi connectivity index (χ0n) is 16.8. The molecular weight excluding hydrogens is 456 g/mol. The van der Waals surface area contributed by atoms with Gasteiger partial charge in [-0.1, -0.05) is 81.9 Å². The van der Waals surface area contributed by atoms with Crippen LogP contribution in [0.4, 0.5) is 5.13 Å². The summed E-state index contributed by atoms with van der Waals surface area (Å²) < 4.78 is 6.71. The monoisotopic (exact) mass is 479 g/mol. The number of nitrogen functional groups attached to an aromatic ring is 1. The highest BCUT2D eigenvalue weighted by atomic mass is 79.9. The Morgan fingerprint density at radius 2 is 1.73 bits per heavy atom. The van der Waals surface area contributed by atoms with Gasteiger partial charge in [0.25, 0.3) is 0 Å². The molecule has 0 amide bonds. The molecule has 3 aromatic carbocycles. The number of benzene rings is 3. The number of hydrogen-bond acceptors (Lipinski definition) is 3. The number of aromatic amines is 1. The van der Waals surface area contributed by atoms with E-state index in [9.17, 15) is 0 Å². The SMILES string of the molecule is CCOc1ccc([C@H](Cc2ccc(-c3ccccc3Br)cc2)c2csc(N)[nH+]2)cc1. The standard InChI is InChI=1S/C25H23BrN2OS/c1-2-29-20-13-11-19(12-14-20)22(24-16-30-25(27)28-24)15-17-7-9-18(10-8-17)21-5-3-4-6-23(21)26/h3-14,16,22H,2,15H2,1H3,(H2,27,28)/p+1/t22-/m0/s1. The van der Waals surface area contributed by atoms with Gasteiger partial charge in [-0.15, -0.1) is 0 Å². The summed E-state index contributed by atoms with van der Waals surface area (Å²) >= 11 is 5.19. The average Bonchev–Trinajstić information content (AvgIpc) is 3.20. The molecule has 0 radical (unpaired) electrons. The maximum atomic E-state index is 5.99. The average molecular weight is 480 g/mol. The molecule has 152 valence electrons. The molecule has 1 aromatic heterocycles. The van der Waals surface area contributed by atoms with Gasteiger partial charge in [0, 0.05) is 9.85 Å². The van der Waals surface area contributed by atoms with Crippen molar-refractivity contribution in [3.63, 3.8) is 0 Å². The predicted molar refractivity (Wildman–Crippen MR) is 128 cm³/mol. The lowest BCUT2D eigenvalue weighted by atomic mass is 9.89. The van der Waals surface area contributed by atoms with E-state index >= 15 is 0 Å². The number of halogens is 1. The maximum Gasteiger partial charge on any atom is 0.329 e. The summed E-state index contributed by atoms with van der Waals surface area (Å²) in [6.45, 7) is 2.67. The minimum atomic E-state index is 0.198. The van der Waals surface area contributed by atoms with Gasteiger partial charge in [0.2, 0.25) is 0 Å². The van der Waals surface area contributed by atoms with Crippen LogP contribution < -0.4 is 15.5 Å². The second-order valence-electron chi connectivity index (χ2n) is 7.12. The topological polar surface area (TPSA) is 49.4 Å². The third-order valence-electron chi connectivity index (χ3n) is 5.13. The van der Waals surface area contributed by atoms with E-state index in [1.165, 1.54) is 22.3 Å². The summed E-state index contributed by atoms with van der Waals surface area (Å²) in [4.78, 5) is 3.34. The molecule has 4 rings (SSSR count). The minimum absolute atomic E-state index is 0.198. The van der Waals surface area contributed by atoms with Crippen LogP contribution in [0.25, 0.3) is 11.1 Å². The van der Waals surface area contributed by atoms with Crippen LogP contribution in [0.2, 0.25) is 0 Å². The van der Waals surface area contributed by atoms with Gasteiger partial charge in [-0.25, -0.2) is 4.98 Å². The molecule has 0 unspecified atom stereocenters. The van der Waals surface area contributed by atoms with Gasteiger partial charge >= 0.3 is 5.13 Å². The number of aromatic nitrogens is 1. The molecule has 0 saturated carbocycles. The third kappa shape index (κ3) is 4.74. The molecule has 4 aromatic rings. The first-order chi connectivity index (χ1) is 14.6. The van der Waals surface area contributed by atoms with Crippen molar-refractivity contribution in [1.82, 2.24) is 0 Å². The first-order valence-corrected chi connectivity index (χ1v) is 11.6. The molecule has 0 aliphatic rings. The lowest BCUT2D eigenvalue weighted by Gasteiger charge is -2.16. The highest BCUT2D eigenvalue weighted by Gasteiger charge is 2.20. The highest BCUT2D eigenvalue weighted by Crippen LogP contribution is 2.32. The van der Waals surface area contributed by atoms with Crippen LogP contribution in [0.1, 0.15) is 29.7 Å². The summed E-state index contributed by atoms with van der Waals surface area (Å²) in [6.07, 6.45) is 0.886. The molecular formula is C25H24BrN2OS+. The number of thiazole rings is 1. The van der Waals surface area contributed by atoms with E-state index in [4.69, 9.17) is 10.5 Å². The lowest BCUT2D eigenvalue weighted by molar-refractivity contribution is -0.368. The fourth-order valence-electron chi connectivity index (χ4n) is 3.62. The van der Waals surface area contributed by atoms with Crippen LogP contribution in [-0.2, 0) is 6.42 Å². The Balaban J connectivity index is 1.61. The Morgan fingerprint density at radius 3 is 2.37 bits per heavy atom. The number of rotatable bonds is 7. The van der Waals surface area contributed by atoms with Crippen molar-refractivity contribution in [3.05, 3.63) is 99.5 Å². The minimum Gasteiger partial charge on any atom is -0.494 e. The maximum absolute atomic E-state index is 5.99. The van der Waals surface area contributed by atoms with Gasteiger partial charge < -0.3 is 4.74 Å². The molecule has 0 saturated heterocycles. The Labute approximate surface area is 189 Å². The molecule has 0 aliphatic heterocycles. The summed E-state index contributed by atoms with van der Waals surface area (Å²) in [6, 6.07) is 25.5. The molecule has 0 fully saturated rings. The van der Waals surface area contributed by atoms with Crippen LogP contribution >= 0.6 is 27.3 Å². The van der Waals surface area contributed by atoms with Gasteiger partial charge in [0.1, 0.15) is 11.4 Å². The zero-order valence-corrected chi connectivity index (χ0v) is 19.2. The summed E-state index contributed by atoms with van der Waals surface area (Å²) in [7, 11) is 0. The number of nitrogens with two attached hydrogens (primary N) is 1. The Morgan fingerprint density at radius 1 is 1.00 bits per heavy atom. The Bertz CT molecular complexity index is 1110. The van der Waals surface area contributed by atoms with Gasteiger partial charge in [0.15, 0.2) is 0 Å². The summed E-state index contributed by atoms with van der Waals surface area (Å²) in [5, 5.41) is 2.84. The van der Waals surface area contributed by atoms with E-state index in [1.54, 1.807) is 11.3 Å². The van der Waals surface area contributed by atoms with Crippen molar-refractivity contribution < 1.29 is 9.72 Å². The Hall–Kier alpha value is -2.63. The Kier molecular flexibility index (Phi) is 6.50. The number of H-pyrrole nitrogens is 1. The van der Waals surface area contributed by atoms with Crippen LogP contribution in [-0.4, -0.2) is 6.61 Å². The second-order valence-corrected chi connectivity index (χ2v) is 8.88. The fourth-order valence-corrected chi connectivity index (χ4v) is 4.79. The van der Waals surface area contributed by atoms with E-state index in [0.717, 1.165) is 27.5 Å². The van der Waals surface area contributed by atoms with Crippen LogP contribution in [0.5, 0.6) is 5.75 Å². The van der Waals surface area contributed by atoms with Crippen LogP contribution in [0, 0.1) is 0 Å². The molecule has 1 heterocycles. The van der Waals surface area contributed by atoms with Crippen molar-refractivity contribution in [1.29, 1.82) is 0 Å². The summed E-state index contributed by atoms with van der Waals surface area (Å²) in [5.74, 6) is 1.09. The third-order valence-corrected chi connectivity index (χ3v) is 6.55. The first-order valence-electron chi connectivity index (χ1n) is 9.97. The lowest BCUT2D eigenvalue weighted by Crippen LogP contribution is -2.17. The predicted octanol–water partition coefficient (Wildman–Crippen LogP) is 6.35. The van der Waals surface area contributed by atoms with E-state index in [2.05, 4.69) is 80.9 Å². The van der Waals surface area contributed by atoms with Crippen LogP contribution in [0.15, 0.2) is 82.6 Å². The molecule has 0 bridgehead atoms. The summed E-state index contributed by atoms with van der Waals surface area (Å²) in [5.41, 5.74) is 12.0. The van der Waals surface area contributed by atoms with Gasteiger partial charge in [-0.2, -0.15) is 0 Å².